The van der Waals surface area contributed by atoms with Gasteiger partial charge in [-0.1, -0.05) is 41.4 Å². The van der Waals surface area contributed by atoms with Crippen molar-refractivity contribution in [2.75, 3.05) is 0 Å². The van der Waals surface area contributed by atoms with Crippen molar-refractivity contribution in [2.45, 2.75) is 17.9 Å². The average Bonchev–Trinajstić information content (AvgIpc) is 3.08. The van der Waals surface area contributed by atoms with Gasteiger partial charge in [-0.15, -0.1) is 0 Å². The molecule has 0 saturated heterocycles. The summed E-state index contributed by atoms with van der Waals surface area (Å²) < 4.78 is 29.4. The molecule has 0 amide bonds. The van der Waals surface area contributed by atoms with Gasteiger partial charge in [-0.05, 0) is 36.8 Å². The Morgan fingerprint density at radius 1 is 1.08 bits per heavy atom. The predicted molar refractivity (Wildman–Crippen MR) is 96.6 cm³/mol. The fraction of sp³-hybridized carbons (Fsp3) is 0.125. The van der Waals surface area contributed by atoms with Gasteiger partial charge < -0.3 is 0 Å². The van der Waals surface area contributed by atoms with E-state index in [1.807, 2.05) is 24.3 Å². The topological polar surface area (TPSA) is 76.9 Å². The molecule has 0 spiro atoms. The zero-order valence-electron chi connectivity index (χ0n) is 13.1. The molecule has 3 rings (SSSR count). The number of halogens is 2. The predicted octanol–water partition coefficient (Wildman–Crippen LogP) is 3.61. The highest BCUT2D eigenvalue weighted by Gasteiger charge is 2.24. The van der Waals surface area contributed by atoms with Crippen LogP contribution in [0.5, 0.6) is 0 Å². The molecule has 130 valence electrons. The highest BCUT2D eigenvalue weighted by Crippen LogP contribution is 2.30. The molecule has 0 radical (unpaired) electrons. The summed E-state index contributed by atoms with van der Waals surface area (Å²) in [4.78, 5) is 3.77. The molecule has 0 aliphatic rings. The maximum Gasteiger partial charge on any atom is 0.244 e. The van der Waals surface area contributed by atoms with Crippen LogP contribution in [0.4, 0.5) is 0 Å². The molecule has 0 aliphatic carbocycles. The largest absolute Gasteiger partial charge is 0.244 e. The standard InChI is InChI=1S/C16H14Cl2N4O2S/c1-11(12-5-7-13(8-6-12)22-10-19-9-20-22)21-25(23,24)16-14(17)3-2-4-15(16)18/h2-11,21H,1H3/t11-/m0/s1. The lowest BCUT2D eigenvalue weighted by Gasteiger charge is -2.16. The number of benzene rings is 2. The third-order valence-corrected chi connectivity index (χ3v) is 6.09. The molecule has 6 nitrogen and oxygen atoms in total. The van der Waals surface area contributed by atoms with Crippen molar-refractivity contribution in [1.82, 2.24) is 19.5 Å². The van der Waals surface area contributed by atoms with Gasteiger partial charge >= 0.3 is 0 Å². The minimum Gasteiger partial charge on any atom is -0.223 e. The van der Waals surface area contributed by atoms with Crippen LogP contribution in [0.15, 0.2) is 60.0 Å². The lowest BCUT2D eigenvalue weighted by Crippen LogP contribution is -2.27. The van der Waals surface area contributed by atoms with Crippen molar-refractivity contribution < 1.29 is 8.42 Å². The highest BCUT2D eigenvalue weighted by molar-refractivity contribution is 7.89. The Hall–Kier alpha value is -1.93. The van der Waals surface area contributed by atoms with Gasteiger partial charge in [0.05, 0.1) is 15.7 Å². The van der Waals surface area contributed by atoms with Gasteiger partial charge in [-0.2, -0.15) is 5.10 Å². The third-order valence-electron chi connectivity index (χ3n) is 3.60. The van der Waals surface area contributed by atoms with Crippen LogP contribution in [0.1, 0.15) is 18.5 Å². The van der Waals surface area contributed by atoms with E-state index in [4.69, 9.17) is 23.2 Å². The van der Waals surface area contributed by atoms with E-state index >= 15 is 0 Å². The Kier molecular flexibility index (Phi) is 5.10. The van der Waals surface area contributed by atoms with Crippen molar-refractivity contribution in [2.24, 2.45) is 0 Å². The van der Waals surface area contributed by atoms with Gasteiger partial charge in [-0.3, -0.25) is 0 Å². The second kappa shape index (κ2) is 7.13. The second-order valence-corrected chi connectivity index (χ2v) is 7.79. The number of sulfonamides is 1. The van der Waals surface area contributed by atoms with Crippen molar-refractivity contribution >= 4 is 33.2 Å². The zero-order valence-corrected chi connectivity index (χ0v) is 15.4. The first-order chi connectivity index (χ1) is 11.9. The summed E-state index contributed by atoms with van der Waals surface area (Å²) in [6.07, 6.45) is 3.03. The van der Waals surface area contributed by atoms with E-state index in [-0.39, 0.29) is 14.9 Å². The van der Waals surface area contributed by atoms with Gasteiger partial charge in [0.25, 0.3) is 0 Å². The second-order valence-electron chi connectivity index (χ2n) is 5.33. The zero-order chi connectivity index (χ0) is 18.0. The van der Waals surface area contributed by atoms with E-state index in [1.165, 1.54) is 18.5 Å². The lowest BCUT2D eigenvalue weighted by atomic mass is 10.1. The van der Waals surface area contributed by atoms with E-state index in [9.17, 15) is 8.42 Å². The molecule has 1 atom stereocenters. The van der Waals surface area contributed by atoms with Crippen molar-refractivity contribution in [3.05, 3.63) is 70.7 Å². The molecular weight excluding hydrogens is 383 g/mol. The van der Waals surface area contributed by atoms with E-state index in [2.05, 4.69) is 14.8 Å². The lowest BCUT2D eigenvalue weighted by molar-refractivity contribution is 0.567. The van der Waals surface area contributed by atoms with Crippen LogP contribution >= 0.6 is 23.2 Å². The average molecular weight is 397 g/mol. The van der Waals surface area contributed by atoms with Crippen LogP contribution in [-0.2, 0) is 10.0 Å². The van der Waals surface area contributed by atoms with Crippen LogP contribution < -0.4 is 4.72 Å². The van der Waals surface area contributed by atoms with Gasteiger partial charge in [-0.25, -0.2) is 22.8 Å². The van der Waals surface area contributed by atoms with Crippen LogP contribution in [0.25, 0.3) is 5.69 Å². The van der Waals surface area contributed by atoms with E-state index in [0.717, 1.165) is 11.3 Å². The molecule has 0 unspecified atom stereocenters. The molecule has 0 bridgehead atoms. The number of hydrogen-bond acceptors (Lipinski definition) is 4. The molecule has 0 saturated carbocycles. The van der Waals surface area contributed by atoms with Crippen molar-refractivity contribution in [1.29, 1.82) is 0 Å². The SMILES string of the molecule is C[C@H](NS(=O)(=O)c1c(Cl)cccc1Cl)c1ccc(-n2cncn2)cc1. The van der Waals surface area contributed by atoms with Crippen LogP contribution in [0.3, 0.4) is 0 Å². The first-order valence-electron chi connectivity index (χ1n) is 7.30. The van der Waals surface area contributed by atoms with Crippen LogP contribution in [0, 0.1) is 0 Å². The van der Waals surface area contributed by atoms with Gasteiger partial charge in [0.1, 0.15) is 17.6 Å². The molecule has 0 fully saturated rings. The summed E-state index contributed by atoms with van der Waals surface area (Å²) in [5.41, 5.74) is 1.61. The maximum atomic E-state index is 12.6. The Bertz CT molecular complexity index is 954. The quantitative estimate of drug-likeness (QED) is 0.714. The number of nitrogens with zero attached hydrogens (tertiary/aromatic N) is 3. The smallest absolute Gasteiger partial charge is 0.223 e. The molecule has 2 aromatic carbocycles. The monoisotopic (exact) mass is 396 g/mol. The maximum absolute atomic E-state index is 12.6. The van der Waals surface area contributed by atoms with E-state index in [1.54, 1.807) is 24.0 Å². The molecule has 25 heavy (non-hydrogen) atoms. The van der Waals surface area contributed by atoms with Gasteiger partial charge in [0.2, 0.25) is 10.0 Å². The Morgan fingerprint density at radius 2 is 1.72 bits per heavy atom. The normalized spacial score (nSPS) is 12.9. The Morgan fingerprint density at radius 3 is 2.28 bits per heavy atom. The van der Waals surface area contributed by atoms with Crippen molar-refractivity contribution in [3.63, 3.8) is 0 Å². The Labute approximate surface area is 155 Å². The molecular formula is C16H14Cl2N4O2S. The fourth-order valence-electron chi connectivity index (χ4n) is 2.36. The molecule has 9 heteroatoms. The Balaban J connectivity index is 1.83. The van der Waals surface area contributed by atoms with Crippen LogP contribution in [0.2, 0.25) is 10.0 Å². The molecule has 0 aliphatic heterocycles. The summed E-state index contributed by atoms with van der Waals surface area (Å²) in [6.45, 7) is 1.74. The summed E-state index contributed by atoms with van der Waals surface area (Å²) in [5, 5.41) is 4.20. The third kappa shape index (κ3) is 3.85. The number of nitrogens with one attached hydrogen (secondary N) is 1. The van der Waals surface area contributed by atoms with Gasteiger partial charge in [0, 0.05) is 6.04 Å². The number of aromatic nitrogens is 3. The number of rotatable bonds is 5. The molecule has 1 N–H and O–H groups in total. The summed E-state index contributed by atoms with van der Waals surface area (Å²) in [6, 6.07) is 11.4. The molecule has 3 aromatic rings. The summed E-state index contributed by atoms with van der Waals surface area (Å²) in [7, 11) is -3.86. The minimum absolute atomic E-state index is 0.0775. The molecule has 1 heterocycles. The first kappa shape index (κ1) is 17.9. The highest BCUT2D eigenvalue weighted by atomic mass is 35.5. The van der Waals surface area contributed by atoms with Gasteiger partial charge in [0.15, 0.2) is 0 Å². The number of hydrogen-bond donors (Lipinski definition) is 1. The first-order valence-corrected chi connectivity index (χ1v) is 9.54. The summed E-state index contributed by atoms with van der Waals surface area (Å²) in [5.74, 6) is 0. The minimum atomic E-state index is -3.86. The van der Waals surface area contributed by atoms with E-state index in [0.29, 0.717) is 0 Å². The van der Waals surface area contributed by atoms with E-state index < -0.39 is 16.1 Å². The van der Waals surface area contributed by atoms with Crippen LogP contribution in [-0.4, -0.2) is 23.2 Å². The molecule has 1 aromatic heterocycles. The van der Waals surface area contributed by atoms with Crippen molar-refractivity contribution in [3.8, 4) is 5.69 Å². The fourth-order valence-corrected chi connectivity index (χ4v) is 4.73. The summed E-state index contributed by atoms with van der Waals surface area (Å²) >= 11 is 12.0.